The maximum atomic E-state index is 13.3. The molecule has 2 aliphatic heterocycles. The summed E-state index contributed by atoms with van der Waals surface area (Å²) >= 11 is 0. The van der Waals surface area contributed by atoms with Gasteiger partial charge < -0.3 is 4.74 Å². The van der Waals surface area contributed by atoms with Crippen LogP contribution in [0.4, 0.5) is 11.4 Å². The number of ether oxygens (including phenoxy) is 1. The summed E-state index contributed by atoms with van der Waals surface area (Å²) < 4.78 is 5.03. The predicted molar refractivity (Wildman–Crippen MR) is 91.2 cm³/mol. The number of anilines is 2. The Hall–Kier alpha value is -3.15. The van der Waals surface area contributed by atoms with E-state index in [4.69, 9.17) is 4.74 Å². The molecule has 0 aromatic heterocycles. The Labute approximate surface area is 144 Å². The molecule has 0 unspecified atom stereocenters. The number of fused-ring (bicyclic) bond motifs is 3. The van der Waals surface area contributed by atoms with Gasteiger partial charge in [0.2, 0.25) is 11.6 Å². The van der Waals surface area contributed by atoms with Gasteiger partial charge in [0.25, 0.3) is 5.91 Å². The average molecular weight is 336 g/mol. The highest BCUT2D eigenvalue weighted by molar-refractivity contribution is 6.22. The van der Waals surface area contributed by atoms with E-state index in [2.05, 4.69) is 0 Å². The maximum Gasteiger partial charge on any atom is 0.353 e. The highest BCUT2D eigenvalue weighted by Crippen LogP contribution is 2.46. The van der Waals surface area contributed by atoms with Crippen LogP contribution in [0.15, 0.2) is 54.6 Å². The van der Waals surface area contributed by atoms with Crippen molar-refractivity contribution >= 4 is 29.2 Å². The molecule has 0 spiro atoms. The summed E-state index contributed by atoms with van der Waals surface area (Å²) in [4.78, 5) is 41.6. The molecular weight excluding hydrogens is 320 g/mol. The van der Waals surface area contributed by atoms with Crippen molar-refractivity contribution in [3.8, 4) is 0 Å². The number of hydrogen-bond donors (Lipinski definition) is 0. The molecule has 6 nitrogen and oxygen atoms in total. The first kappa shape index (κ1) is 15.4. The normalized spacial score (nSPS) is 21.8. The fourth-order valence-corrected chi connectivity index (χ4v) is 3.75. The quantitative estimate of drug-likeness (QED) is 0.790. The second-order valence-electron chi connectivity index (χ2n) is 6.03. The topological polar surface area (TPSA) is 66.9 Å². The zero-order valence-electron chi connectivity index (χ0n) is 13.6. The number of carbonyl (C=O) groups is 3. The van der Waals surface area contributed by atoms with Crippen molar-refractivity contribution < 1.29 is 19.1 Å². The van der Waals surface area contributed by atoms with Crippen LogP contribution in [0, 0.1) is 0 Å². The number of benzene rings is 2. The van der Waals surface area contributed by atoms with Gasteiger partial charge in [-0.3, -0.25) is 19.4 Å². The van der Waals surface area contributed by atoms with Crippen LogP contribution in [0.2, 0.25) is 0 Å². The van der Waals surface area contributed by atoms with E-state index in [0.29, 0.717) is 16.9 Å². The van der Waals surface area contributed by atoms with E-state index >= 15 is 0 Å². The van der Waals surface area contributed by atoms with Gasteiger partial charge in [-0.15, -0.1) is 0 Å². The fourth-order valence-electron chi connectivity index (χ4n) is 3.75. The molecule has 2 aromatic carbocycles. The zero-order valence-corrected chi connectivity index (χ0v) is 13.6. The van der Waals surface area contributed by atoms with Crippen molar-refractivity contribution in [1.82, 2.24) is 0 Å². The fraction of sp³-hybridized carbons (Fsp3) is 0.211. The average Bonchev–Trinajstić information content (AvgIpc) is 3.00. The van der Waals surface area contributed by atoms with Crippen molar-refractivity contribution in [3.63, 3.8) is 0 Å². The molecular formula is C19H16N2O4. The van der Waals surface area contributed by atoms with E-state index in [0.717, 1.165) is 0 Å². The van der Waals surface area contributed by atoms with Gasteiger partial charge in [0.1, 0.15) is 0 Å². The molecule has 1 fully saturated rings. The zero-order chi connectivity index (χ0) is 17.6. The molecule has 2 heterocycles. The van der Waals surface area contributed by atoms with Crippen molar-refractivity contribution in [2.45, 2.75) is 18.5 Å². The summed E-state index contributed by atoms with van der Waals surface area (Å²) in [5.41, 5.74) is -0.0978. The molecule has 1 saturated heterocycles. The number of esters is 1. The number of hydrogen-bond acceptors (Lipinski definition) is 4. The molecule has 126 valence electrons. The van der Waals surface area contributed by atoms with Gasteiger partial charge in [-0.25, -0.2) is 4.79 Å². The smallest absolute Gasteiger partial charge is 0.353 e. The van der Waals surface area contributed by atoms with Crippen LogP contribution in [0.1, 0.15) is 23.2 Å². The number of rotatable bonds is 2. The van der Waals surface area contributed by atoms with Gasteiger partial charge in [-0.1, -0.05) is 30.3 Å². The molecule has 4 rings (SSSR count). The molecule has 0 saturated carbocycles. The van der Waals surface area contributed by atoms with Crippen molar-refractivity contribution in [1.29, 1.82) is 0 Å². The Morgan fingerprint density at radius 3 is 2.40 bits per heavy atom. The number of amides is 2. The van der Waals surface area contributed by atoms with Crippen LogP contribution in [0.25, 0.3) is 0 Å². The first-order valence-electron chi connectivity index (χ1n) is 8.01. The molecule has 1 atom stereocenters. The summed E-state index contributed by atoms with van der Waals surface area (Å²) in [6, 6.07) is 15.7. The standard InChI is InChI=1S/C19H16N2O4/c1-25-18(24)19-12-11-16(22)21(19)15-10-6-5-9-14(15)17(23)20(19)13-7-3-2-4-8-13/h2-10H,11-12H2,1H3/t19-/m1/s1. The number of para-hydroxylation sites is 2. The first-order valence-corrected chi connectivity index (χ1v) is 8.01. The third-order valence-corrected chi connectivity index (χ3v) is 4.78. The Balaban J connectivity index is 2.04. The first-order chi connectivity index (χ1) is 12.1. The van der Waals surface area contributed by atoms with E-state index in [-0.39, 0.29) is 24.7 Å². The third kappa shape index (κ3) is 1.94. The van der Waals surface area contributed by atoms with Crippen molar-refractivity contribution in [2.75, 3.05) is 16.9 Å². The monoisotopic (exact) mass is 336 g/mol. The lowest BCUT2D eigenvalue weighted by atomic mass is 9.95. The van der Waals surface area contributed by atoms with E-state index in [1.165, 1.54) is 16.9 Å². The van der Waals surface area contributed by atoms with Gasteiger partial charge in [-0.2, -0.15) is 0 Å². The maximum absolute atomic E-state index is 13.3. The Morgan fingerprint density at radius 2 is 1.68 bits per heavy atom. The highest BCUT2D eigenvalue weighted by Gasteiger charge is 2.62. The minimum atomic E-state index is -1.49. The third-order valence-electron chi connectivity index (χ3n) is 4.78. The van der Waals surface area contributed by atoms with Crippen molar-refractivity contribution in [3.05, 3.63) is 60.2 Å². The van der Waals surface area contributed by atoms with Crippen LogP contribution in [-0.4, -0.2) is 30.6 Å². The molecule has 0 aliphatic carbocycles. The Bertz CT molecular complexity index is 880. The molecule has 0 bridgehead atoms. The van der Waals surface area contributed by atoms with Crippen molar-refractivity contribution in [2.24, 2.45) is 0 Å². The van der Waals surface area contributed by atoms with E-state index in [9.17, 15) is 14.4 Å². The van der Waals surface area contributed by atoms with Gasteiger partial charge >= 0.3 is 5.97 Å². The number of methoxy groups -OCH3 is 1. The summed E-state index contributed by atoms with van der Waals surface area (Å²) in [7, 11) is 1.27. The summed E-state index contributed by atoms with van der Waals surface area (Å²) in [5, 5.41) is 0. The molecule has 2 aliphatic rings. The second-order valence-corrected chi connectivity index (χ2v) is 6.03. The number of nitrogens with zero attached hydrogens (tertiary/aromatic N) is 2. The van der Waals surface area contributed by atoms with Gasteiger partial charge in [0.15, 0.2) is 0 Å². The van der Waals surface area contributed by atoms with Crippen LogP contribution >= 0.6 is 0 Å². The highest BCUT2D eigenvalue weighted by atomic mass is 16.5. The molecule has 2 amide bonds. The summed E-state index contributed by atoms with van der Waals surface area (Å²) in [5.74, 6) is -1.14. The lowest BCUT2D eigenvalue weighted by molar-refractivity contribution is -0.147. The lowest BCUT2D eigenvalue weighted by Crippen LogP contribution is -2.68. The molecule has 0 N–H and O–H groups in total. The number of carbonyl (C=O) groups excluding carboxylic acids is 3. The molecule has 25 heavy (non-hydrogen) atoms. The van der Waals surface area contributed by atoms with E-state index in [1.807, 2.05) is 6.07 Å². The van der Waals surface area contributed by atoms with Gasteiger partial charge in [-0.05, 0) is 24.3 Å². The minimum absolute atomic E-state index is 0.167. The van der Waals surface area contributed by atoms with Gasteiger partial charge in [0.05, 0.1) is 18.4 Å². The molecule has 6 heteroatoms. The minimum Gasteiger partial charge on any atom is -0.466 e. The second kappa shape index (κ2) is 5.44. The molecule has 0 radical (unpaired) electrons. The lowest BCUT2D eigenvalue weighted by Gasteiger charge is -2.48. The summed E-state index contributed by atoms with van der Waals surface area (Å²) in [6.07, 6.45) is 0.355. The van der Waals surface area contributed by atoms with Crippen LogP contribution in [0.3, 0.4) is 0 Å². The Morgan fingerprint density at radius 1 is 1.00 bits per heavy atom. The van der Waals surface area contributed by atoms with Crippen LogP contribution in [0.5, 0.6) is 0 Å². The van der Waals surface area contributed by atoms with E-state index < -0.39 is 11.6 Å². The van der Waals surface area contributed by atoms with Crippen LogP contribution in [-0.2, 0) is 14.3 Å². The van der Waals surface area contributed by atoms with E-state index in [1.54, 1.807) is 48.5 Å². The van der Waals surface area contributed by atoms with Crippen LogP contribution < -0.4 is 9.80 Å². The van der Waals surface area contributed by atoms with Gasteiger partial charge in [0, 0.05) is 18.5 Å². The molecule has 2 aromatic rings. The largest absolute Gasteiger partial charge is 0.466 e. The predicted octanol–water partition coefficient (Wildman–Crippen LogP) is 2.34. The Kier molecular flexibility index (Phi) is 3.35. The summed E-state index contributed by atoms with van der Waals surface area (Å²) in [6.45, 7) is 0. The SMILES string of the molecule is COC(=O)[C@@]12CCC(=O)N1c1ccccc1C(=O)N2c1ccccc1.